The predicted octanol–water partition coefficient (Wildman–Crippen LogP) is 3.54. The highest BCUT2D eigenvalue weighted by molar-refractivity contribution is 5.73. The van der Waals surface area contributed by atoms with Crippen LogP contribution in [-0.2, 0) is 6.42 Å². The smallest absolute Gasteiger partial charge is 0.0450 e. The fourth-order valence-electron chi connectivity index (χ4n) is 1.39. The van der Waals surface area contributed by atoms with E-state index in [4.69, 9.17) is 0 Å². The summed E-state index contributed by atoms with van der Waals surface area (Å²) >= 11 is 0. The van der Waals surface area contributed by atoms with Gasteiger partial charge >= 0.3 is 0 Å². The van der Waals surface area contributed by atoms with Crippen LogP contribution < -0.4 is 0 Å². The fourth-order valence-corrected chi connectivity index (χ4v) is 1.39. The maximum atomic E-state index is 4.36. The minimum Gasteiger partial charge on any atom is -0.261 e. The molecule has 1 rings (SSSR count). The van der Waals surface area contributed by atoms with E-state index in [9.17, 15) is 0 Å². The Morgan fingerprint density at radius 1 is 1.57 bits per heavy atom. The summed E-state index contributed by atoms with van der Waals surface area (Å²) in [5.41, 5.74) is 4.50. The van der Waals surface area contributed by atoms with Crippen LogP contribution in [0.15, 0.2) is 31.0 Å². The topological polar surface area (TPSA) is 12.9 Å². The third-order valence-corrected chi connectivity index (χ3v) is 2.27. The zero-order valence-electron chi connectivity index (χ0n) is 9.17. The summed E-state index contributed by atoms with van der Waals surface area (Å²) < 4.78 is 0. The number of hydrogen-bond donors (Lipinski definition) is 0. The lowest BCUT2D eigenvalue weighted by Crippen LogP contribution is -1.93. The number of hydrogen-bond acceptors (Lipinski definition) is 1. The standard InChI is InChI=1S/C13H17N/c1-5-7-10(3)13-8-12(6-2)9-14-11(13)4/h5,7-9H,3,6H2,1-2,4H3/b7-5-. The third kappa shape index (κ3) is 2.32. The monoisotopic (exact) mass is 187 g/mol. The molecule has 0 radical (unpaired) electrons. The quantitative estimate of drug-likeness (QED) is 0.659. The van der Waals surface area contributed by atoms with Crippen LogP contribution in [0.2, 0.25) is 0 Å². The average molecular weight is 187 g/mol. The molecule has 0 fully saturated rings. The van der Waals surface area contributed by atoms with E-state index in [-0.39, 0.29) is 0 Å². The van der Waals surface area contributed by atoms with Gasteiger partial charge in [0, 0.05) is 17.5 Å². The zero-order valence-corrected chi connectivity index (χ0v) is 9.17. The van der Waals surface area contributed by atoms with E-state index in [1.807, 2.05) is 32.2 Å². The summed E-state index contributed by atoms with van der Waals surface area (Å²) in [7, 11) is 0. The molecule has 0 spiro atoms. The van der Waals surface area contributed by atoms with Crippen LogP contribution in [0.3, 0.4) is 0 Å². The van der Waals surface area contributed by atoms with Gasteiger partial charge in [-0.3, -0.25) is 4.98 Å². The highest BCUT2D eigenvalue weighted by Crippen LogP contribution is 2.18. The number of pyridine rings is 1. The molecule has 0 unspecified atom stereocenters. The Kier molecular flexibility index (Phi) is 3.63. The van der Waals surface area contributed by atoms with Gasteiger partial charge in [-0.15, -0.1) is 0 Å². The molecule has 0 saturated heterocycles. The van der Waals surface area contributed by atoms with Crippen molar-refractivity contribution in [3.05, 3.63) is 47.8 Å². The van der Waals surface area contributed by atoms with E-state index in [1.54, 1.807) is 0 Å². The lowest BCUT2D eigenvalue weighted by Gasteiger charge is -2.06. The van der Waals surface area contributed by atoms with Crippen LogP contribution in [0.4, 0.5) is 0 Å². The van der Waals surface area contributed by atoms with Crippen molar-refractivity contribution in [2.24, 2.45) is 0 Å². The van der Waals surface area contributed by atoms with Crippen molar-refractivity contribution in [1.82, 2.24) is 4.98 Å². The van der Waals surface area contributed by atoms with Crippen molar-refractivity contribution in [2.45, 2.75) is 27.2 Å². The minimum atomic E-state index is 1.02. The van der Waals surface area contributed by atoms with Gasteiger partial charge in [-0.05, 0) is 37.5 Å². The Hall–Kier alpha value is -1.37. The van der Waals surface area contributed by atoms with Crippen LogP contribution in [0.1, 0.15) is 30.7 Å². The molecule has 0 aliphatic rings. The summed E-state index contributed by atoms with van der Waals surface area (Å²) in [5, 5.41) is 0. The molecule has 0 N–H and O–H groups in total. The van der Waals surface area contributed by atoms with Crippen molar-refractivity contribution in [3.8, 4) is 0 Å². The molecular formula is C13H17N. The second kappa shape index (κ2) is 4.75. The second-order valence-corrected chi connectivity index (χ2v) is 3.36. The molecule has 0 aromatic carbocycles. The van der Waals surface area contributed by atoms with Crippen LogP contribution in [0.5, 0.6) is 0 Å². The van der Waals surface area contributed by atoms with E-state index in [1.165, 1.54) is 5.56 Å². The first-order valence-electron chi connectivity index (χ1n) is 4.96. The molecule has 0 saturated carbocycles. The Balaban J connectivity index is 3.12. The van der Waals surface area contributed by atoms with Gasteiger partial charge in [-0.2, -0.15) is 0 Å². The molecule has 0 aliphatic heterocycles. The molecule has 0 bridgehead atoms. The molecule has 0 amide bonds. The predicted molar refractivity (Wildman–Crippen MR) is 62.2 cm³/mol. The molecule has 1 aromatic heterocycles. The maximum Gasteiger partial charge on any atom is 0.0450 e. The summed E-state index contributed by atoms with van der Waals surface area (Å²) in [4.78, 5) is 4.36. The molecule has 0 atom stereocenters. The summed E-state index contributed by atoms with van der Waals surface area (Å²) in [6.07, 6.45) is 6.97. The normalized spacial score (nSPS) is 10.8. The summed E-state index contributed by atoms with van der Waals surface area (Å²) in [5.74, 6) is 0. The Morgan fingerprint density at radius 2 is 2.29 bits per heavy atom. The van der Waals surface area contributed by atoms with E-state index >= 15 is 0 Å². The van der Waals surface area contributed by atoms with Gasteiger partial charge in [0.05, 0.1) is 0 Å². The lowest BCUT2D eigenvalue weighted by molar-refractivity contribution is 1.07. The number of rotatable bonds is 3. The van der Waals surface area contributed by atoms with Gasteiger partial charge in [-0.1, -0.05) is 25.7 Å². The number of allylic oxidation sites excluding steroid dienone is 3. The van der Waals surface area contributed by atoms with Crippen LogP contribution in [0.25, 0.3) is 5.57 Å². The fraction of sp³-hybridized carbons (Fsp3) is 0.308. The van der Waals surface area contributed by atoms with Gasteiger partial charge in [0.15, 0.2) is 0 Å². The van der Waals surface area contributed by atoms with E-state index in [0.29, 0.717) is 0 Å². The van der Waals surface area contributed by atoms with E-state index < -0.39 is 0 Å². The highest BCUT2D eigenvalue weighted by Gasteiger charge is 2.02. The first-order chi connectivity index (χ1) is 6.69. The average Bonchev–Trinajstić information content (AvgIpc) is 2.19. The Labute approximate surface area is 86.2 Å². The number of nitrogens with zero attached hydrogens (tertiary/aromatic N) is 1. The van der Waals surface area contributed by atoms with E-state index in [2.05, 4.69) is 24.6 Å². The second-order valence-electron chi connectivity index (χ2n) is 3.36. The SMILES string of the molecule is C=C(/C=C\C)c1cc(CC)cnc1C. The molecular weight excluding hydrogens is 170 g/mol. The first-order valence-corrected chi connectivity index (χ1v) is 4.96. The maximum absolute atomic E-state index is 4.36. The third-order valence-electron chi connectivity index (χ3n) is 2.27. The van der Waals surface area contributed by atoms with Gasteiger partial charge < -0.3 is 0 Å². The van der Waals surface area contributed by atoms with Crippen molar-refractivity contribution < 1.29 is 0 Å². The summed E-state index contributed by atoms with van der Waals surface area (Å²) in [6, 6.07) is 2.17. The highest BCUT2D eigenvalue weighted by atomic mass is 14.7. The number of aromatic nitrogens is 1. The molecule has 1 heterocycles. The minimum absolute atomic E-state index is 1.02. The first kappa shape index (κ1) is 10.7. The lowest BCUT2D eigenvalue weighted by atomic mass is 10.0. The van der Waals surface area contributed by atoms with Gasteiger partial charge in [-0.25, -0.2) is 0 Å². The van der Waals surface area contributed by atoms with Gasteiger partial charge in [0.1, 0.15) is 0 Å². The van der Waals surface area contributed by atoms with Crippen molar-refractivity contribution >= 4 is 5.57 Å². The Bertz CT molecular complexity index is 361. The Morgan fingerprint density at radius 3 is 2.86 bits per heavy atom. The molecule has 0 aliphatic carbocycles. The molecule has 1 heteroatoms. The van der Waals surface area contributed by atoms with Crippen LogP contribution in [0, 0.1) is 6.92 Å². The van der Waals surface area contributed by atoms with Crippen molar-refractivity contribution in [2.75, 3.05) is 0 Å². The van der Waals surface area contributed by atoms with Crippen molar-refractivity contribution in [3.63, 3.8) is 0 Å². The number of aryl methyl sites for hydroxylation is 2. The van der Waals surface area contributed by atoms with E-state index in [0.717, 1.165) is 23.3 Å². The summed E-state index contributed by atoms with van der Waals surface area (Å²) in [6.45, 7) is 10.2. The molecule has 74 valence electrons. The van der Waals surface area contributed by atoms with Gasteiger partial charge in [0.2, 0.25) is 0 Å². The van der Waals surface area contributed by atoms with Crippen molar-refractivity contribution in [1.29, 1.82) is 0 Å². The largest absolute Gasteiger partial charge is 0.261 e. The molecule has 14 heavy (non-hydrogen) atoms. The van der Waals surface area contributed by atoms with Gasteiger partial charge in [0.25, 0.3) is 0 Å². The zero-order chi connectivity index (χ0) is 10.6. The van der Waals surface area contributed by atoms with Crippen LogP contribution >= 0.6 is 0 Å². The van der Waals surface area contributed by atoms with Crippen LogP contribution in [-0.4, -0.2) is 4.98 Å². The molecule has 1 nitrogen and oxygen atoms in total. The molecule has 1 aromatic rings.